The molecule has 0 unspecified atom stereocenters. The molecular formula is C25H21ClN4O5S. The zero-order valence-corrected chi connectivity index (χ0v) is 20.7. The van der Waals surface area contributed by atoms with Crippen LogP contribution in [-0.2, 0) is 14.3 Å². The van der Waals surface area contributed by atoms with Crippen molar-refractivity contribution in [3.8, 4) is 6.07 Å². The molecule has 1 atom stereocenters. The van der Waals surface area contributed by atoms with Crippen molar-refractivity contribution < 1.29 is 19.2 Å². The molecule has 0 bridgehead atoms. The normalized spacial score (nSPS) is 15.0. The van der Waals surface area contributed by atoms with Crippen molar-refractivity contribution in [3.63, 3.8) is 0 Å². The molecule has 0 radical (unpaired) electrons. The van der Waals surface area contributed by atoms with Gasteiger partial charge in [-0.1, -0.05) is 48.2 Å². The Morgan fingerprint density at radius 3 is 2.53 bits per heavy atom. The Balaban J connectivity index is 1.85. The number of halogens is 1. The molecule has 0 saturated heterocycles. The average molecular weight is 525 g/mol. The number of nitriles is 1. The van der Waals surface area contributed by atoms with Gasteiger partial charge < -0.3 is 15.4 Å². The highest BCUT2D eigenvalue weighted by molar-refractivity contribution is 8.03. The summed E-state index contributed by atoms with van der Waals surface area (Å²) in [6.45, 7) is 5.26. The van der Waals surface area contributed by atoms with Gasteiger partial charge in [0, 0.05) is 28.5 Å². The molecule has 0 aliphatic carbocycles. The van der Waals surface area contributed by atoms with E-state index in [1.165, 1.54) is 30.3 Å². The van der Waals surface area contributed by atoms with Crippen LogP contribution in [0.3, 0.4) is 0 Å². The van der Waals surface area contributed by atoms with Crippen molar-refractivity contribution in [2.45, 2.75) is 12.8 Å². The van der Waals surface area contributed by atoms with Gasteiger partial charge >= 0.3 is 5.97 Å². The molecule has 2 N–H and O–H groups in total. The van der Waals surface area contributed by atoms with Crippen molar-refractivity contribution in [2.24, 2.45) is 0 Å². The van der Waals surface area contributed by atoms with Gasteiger partial charge in [-0.05, 0) is 36.8 Å². The molecule has 0 spiro atoms. The van der Waals surface area contributed by atoms with Crippen LogP contribution in [0.25, 0.3) is 0 Å². The quantitative estimate of drug-likeness (QED) is 0.201. The highest BCUT2D eigenvalue weighted by Crippen LogP contribution is 2.41. The number of thioether (sulfide) groups is 1. The number of nitro benzene ring substituents is 1. The van der Waals surface area contributed by atoms with Crippen LogP contribution in [0.15, 0.2) is 83.1 Å². The second kappa shape index (κ2) is 12.1. The summed E-state index contributed by atoms with van der Waals surface area (Å²) >= 11 is 7.13. The zero-order valence-electron chi connectivity index (χ0n) is 19.1. The van der Waals surface area contributed by atoms with Crippen molar-refractivity contribution in [1.29, 1.82) is 5.26 Å². The van der Waals surface area contributed by atoms with Gasteiger partial charge in [0.2, 0.25) is 5.91 Å². The first-order chi connectivity index (χ1) is 17.2. The zero-order chi connectivity index (χ0) is 26.2. The van der Waals surface area contributed by atoms with Crippen LogP contribution >= 0.6 is 23.4 Å². The minimum Gasteiger partial charge on any atom is -0.458 e. The van der Waals surface area contributed by atoms with Gasteiger partial charge in [-0.2, -0.15) is 5.26 Å². The monoisotopic (exact) mass is 524 g/mol. The fraction of sp³-hybridized carbons (Fsp3) is 0.160. The fourth-order valence-corrected chi connectivity index (χ4v) is 4.52. The van der Waals surface area contributed by atoms with Gasteiger partial charge in [0.15, 0.2) is 0 Å². The smallest absolute Gasteiger partial charge is 0.337 e. The van der Waals surface area contributed by atoms with E-state index in [9.17, 15) is 25.0 Å². The second-order valence-corrected chi connectivity index (χ2v) is 8.95. The first kappa shape index (κ1) is 26.5. The molecule has 36 heavy (non-hydrogen) atoms. The van der Waals surface area contributed by atoms with Crippen LogP contribution in [0.4, 0.5) is 11.4 Å². The molecule has 0 aromatic heterocycles. The highest BCUT2D eigenvalue weighted by Gasteiger charge is 2.35. The largest absolute Gasteiger partial charge is 0.458 e. The van der Waals surface area contributed by atoms with E-state index < -0.39 is 16.8 Å². The summed E-state index contributed by atoms with van der Waals surface area (Å²) in [5.74, 6) is -1.75. The number of nitrogens with one attached hydrogen (secondary N) is 2. The molecule has 1 aliphatic heterocycles. The lowest BCUT2D eigenvalue weighted by Gasteiger charge is -2.29. The number of anilines is 1. The molecule has 1 amide bonds. The number of carbonyl (C=O) groups excluding carboxylic acids is 2. The number of amides is 1. The van der Waals surface area contributed by atoms with Crippen LogP contribution in [0.2, 0.25) is 5.02 Å². The van der Waals surface area contributed by atoms with E-state index in [0.29, 0.717) is 27.0 Å². The van der Waals surface area contributed by atoms with E-state index in [2.05, 4.69) is 23.3 Å². The topological polar surface area (TPSA) is 134 Å². The Morgan fingerprint density at radius 2 is 1.94 bits per heavy atom. The molecule has 2 aromatic carbocycles. The van der Waals surface area contributed by atoms with Crippen molar-refractivity contribution >= 4 is 46.6 Å². The number of non-ortho nitro benzene ring substituents is 1. The number of allylic oxidation sites excluding steroid dienone is 2. The SMILES string of the molecule is C=CCOC(=O)C1=C(C)NC(SCC(=O)Nc2ccc([N+](=O)[O-])cc2)=C(C#N)[C@@H]1c1ccc(Cl)cc1. The summed E-state index contributed by atoms with van der Waals surface area (Å²) in [6, 6.07) is 14.4. The Hall–Kier alpha value is -4.07. The molecule has 0 fully saturated rings. The van der Waals surface area contributed by atoms with Crippen molar-refractivity contribution in [3.05, 3.63) is 104 Å². The summed E-state index contributed by atoms with van der Waals surface area (Å²) in [6.07, 6.45) is 1.45. The Labute approximate surface area is 216 Å². The predicted molar refractivity (Wildman–Crippen MR) is 138 cm³/mol. The first-order valence-electron chi connectivity index (χ1n) is 10.6. The molecule has 9 nitrogen and oxygen atoms in total. The minimum atomic E-state index is -0.730. The lowest BCUT2D eigenvalue weighted by Crippen LogP contribution is -2.29. The van der Waals surface area contributed by atoms with E-state index in [4.69, 9.17) is 16.3 Å². The van der Waals surface area contributed by atoms with Crippen molar-refractivity contribution in [1.82, 2.24) is 5.32 Å². The van der Waals surface area contributed by atoms with Crippen LogP contribution in [-0.4, -0.2) is 29.2 Å². The summed E-state index contributed by atoms with van der Waals surface area (Å²) in [4.78, 5) is 35.7. The summed E-state index contributed by atoms with van der Waals surface area (Å²) < 4.78 is 5.27. The van der Waals surface area contributed by atoms with E-state index in [0.717, 1.165) is 11.8 Å². The van der Waals surface area contributed by atoms with Gasteiger partial charge in [0.05, 0.1) is 38.8 Å². The molecule has 1 heterocycles. The third-order valence-electron chi connectivity index (χ3n) is 5.11. The number of dihydropyridines is 1. The van der Waals surface area contributed by atoms with Crippen LogP contribution in [0, 0.1) is 21.4 Å². The maximum Gasteiger partial charge on any atom is 0.337 e. The number of carbonyl (C=O) groups is 2. The van der Waals surface area contributed by atoms with Gasteiger partial charge in [0.25, 0.3) is 5.69 Å². The van der Waals surface area contributed by atoms with Crippen LogP contribution in [0.1, 0.15) is 18.4 Å². The fourth-order valence-electron chi connectivity index (χ4n) is 3.50. The molecule has 1 aliphatic rings. The molecule has 0 saturated carbocycles. The second-order valence-electron chi connectivity index (χ2n) is 7.53. The third kappa shape index (κ3) is 6.33. The number of ether oxygens (including phenoxy) is 1. The number of hydrogen-bond donors (Lipinski definition) is 2. The number of benzene rings is 2. The Morgan fingerprint density at radius 1 is 1.28 bits per heavy atom. The number of nitro groups is 1. The lowest BCUT2D eigenvalue weighted by atomic mass is 9.82. The molecule has 3 rings (SSSR count). The third-order valence-corrected chi connectivity index (χ3v) is 6.38. The van der Waals surface area contributed by atoms with Gasteiger partial charge in [-0.15, -0.1) is 0 Å². The van der Waals surface area contributed by atoms with Crippen LogP contribution in [0.5, 0.6) is 0 Å². The molecule has 184 valence electrons. The van der Waals surface area contributed by atoms with E-state index >= 15 is 0 Å². The molecule has 11 heteroatoms. The standard InChI is InChI=1S/C25H21ClN4O5S/c1-3-12-35-25(32)22-15(2)28-24(20(13-27)23(22)16-4-6-17(26)7-5-16)36-14-21(31)29-18-8-10-19(11-9-18)30(33)34/h3-11,23,28H,1,12,14H2,2H3,(H,29,31)/t23-/m0/s1. The van der Waals surface area contributed by atoms with E-state index in [-0.39, 0.29) is 35.1 Å². The number of nitrogens with zero attached hydrogens (tertiary/aromatic N) is 2. The van der Waals surface area contributed by atoms with Gasteiger partial charge in [-0.25, -0.2) is 4.79 Å². The minimum absolute atomic E-state index is 0.0129. The first-order valence-corrected chi connectivity index (χ1v) is 11.9. The highest BCUT2D eigenvalue weighted by atomic mass is 35.5. The van der Waals surface area contributed by atoms with Gasteiger partial charge in [-0.3, -0.25) is 14.9 Å². The van der Waals surface area contributed by atoms with E-state index in [1.54, 1.807) is 31.2 Å². The summed E-state index contributed by atoms with van der Waals surface area (Å²) in [5, 5.41) is 27.5. The van der Waals surface area contributed by atoms with Crippen molar-refractivity contribution in [2.75, 3.05) is 17.7 Å². The number of hydrogen-bond acceptors (Lipinski definition) is 8. The molecule has 2 aromatic rings. The number of rotatable bonds is 9. The Kier molecular flexibility index (Phi) is 8.89. The van der Waals surface area contributed by atoms with E-state index in [1.807, 2.05) is 0 Å². The number of esters is 1. The Bertz CT molecular complexity index is 1300. The maximum atomic E-state index is 12.9. The van der Waals surface area contributed by atoms with Crippen LogP contribution < -0.4 is 10.6 Å². The lowest BCUT2D eigenvalue weighted by molar-refractivity contribution is -0.384. The summed E-state index contributed by atoms with van der Waals surface area (Å²) in [7, 11) is 0. The maximum absolute atomic E-state index is 12.9. The predicted octanol–water partition coefficient (Wildman–Crippen LogP) is 5.05. The van der Waals surface area contributed by atoms with Gasteiger partial charge in [0.1, 0.15) is 6.61 Å². The summed E-state index contributed by atoms with van der Waals surface area (Å²) in [5.41, 5.74) is 1.99. The average Bonchev–Trinajstić information content (AvgIpc) is 2.86. The molecular weight excluding hydrogens is 504 g/mol.